The summed E-state index contributed by atoms with van der Waals surface area (Å²) < 4.78 is 43.7. The molecule has 7 heteroatoms. The zero-order chi connectivity index (χ0) is 15.6. The monoisotopic (exact) mass is 298 g/mol. The lowest BCUT2D eigenvalue weighted by Crippen LogP contribution is -2.15. The van der Waals surface area contributed by atoms with E-state index >= 15 is 0 Å². The van der Waals surface area contributed by atoms with Crippen molar-refractivity contribution in [3.8, 4) is 0 Å². The van der Waals surface area contributed by atoms with Gasteiger partial charge >= 0.3 is 6.18 Å². The number of carbonyl (C=O) groups excluding carboxylic acids is 1. The van der Waals surface area contributed by atoms with Crippen LogP contribution in [-0.2, 0) is 12.7 Å². The number of aryl methyl sites for hydroxylation is 1. The molecule has 0 spiro atoms. The van der Waals surface area contributed by atoms with Crippen LogP contribution in [0.4, 0.5) is 18.9 Å². The Kier molecular flexibility index (Phi) is 4.04. The summed E-state index contributed by atoms with van der Waals surface area (Å²) in [6.07, 6.45) is -3.20. The van der Waals surface area contributed by atoms with Gasteiger partial charge in [0.05, 0.1) is 11.8 Å². The molecular formula is C14H13F3N2O2. The highest BCUT2D eigenvalue weighted by atomic mass is 19.4. The molecule has 1 amide bonds. The van der Waals surface area contributed by atoms with Gasteiger partial charge in [0.15, 0.2) is 5.76 Å². The zero-order valence-electron chi connectivity index (χ0n) is 11.1. The lowest BCUT2D eigenvalue weighted by atomic mass is 10.1. The van der Waals surface area contributed by atoms with Gasteiger partial charge in [0, 0.05) is 17.8 Å². The van der Waals surface area contributed by atoms with E-state index in [9.17, 15) is 18.0 Å². The number of halogens is 3. The highest BCUT2D eigenvalue weighted by Crippen LogP contribution is 2.33. The van der Waals surface area contributed by atoms with E-state index in [0.29, 0.717) is 5.56 Å². The third-order valence-corrected chi connectivity index (χ3v) is 2.96. The van der Waals surface area contributed by atoms with Crippen LogP contribution in [0.25, 0.3) is 0 Å². The summed E-state index contributed by atoms with van der Waals surface area (Å²) in [6.45, 7) is 1.43. The first-order valence-electron chi connectivity index (χ1n) is 6.08. The molecule has 0 bridgehead atoms. The number of hydrogen-bond donors (Lipinski definition) is 2. The molecule has 0 saturated carbocycles. The van der Waals surface area contributed by atoms with Crippen LogP contribution in [0.5, 0.6) is 0 Å². The summed E-state index contributed by atoms with van der Waals surface area (Å²) >= 11 is 0. The number of rotatable bonds is 3. The van der Waals surface area contributed by atoms with E-state index in [-0.39, 0.29) is 23.6 Å². The zero-order valence-corrected chi connectivity index (χ0v) is 11.1. The summed E-state index contributed by atoms with van der Waals surface area (Å²) in [4.78, 5) is 11.9. The second-order valence-electron chi connectivity index (χ2n) is 4.46. The van der Waals surface area contributed by atoms with Crippen LogP contribution < -0.4 is 11.1 Å². The summed E-state index contributed by atoms with van der Waals surface area (Å²) in [5.41, 5.74) is 5.03. The third kappa shape index (κ3) is 3.25. The van der Waals surface area contributed by atoms with Crippen LogP contribution in [0.2, 0.25) is 0 Å². The largest absolute Gasteiger partial charge is 0.459 e. The van der Waals surface area contributed by atoms with Crippen molar-refractivity contribution in [1.82, 2.24) is 0 Å². The Hall–Kier alpha value is -2.28. The molecule has 4 nitrogen and oxygen atoms in total. The predicted molar refractivity (Wildman–Crippen MR) is 70.7 cm³/mol. The minimum atomic E-state index is -4.53. The maximum atomic E-state index is 12.9. The van der Waals surface area contributed by atoms with E-state index in [4.69, 9.17) is 10.2 Å². The van der Waals surface area contributed by atoms with Gasteiger partial charge in [-0.3, -0.25) is 4.79 Å². The van der Waals surface area contributed by atoms with Gasteiger partial charge in [0.1, 0.15) is 0 Å². The summed E-state index contributed by atoms with van der Waals surface area (Å²) in [5.74, 6) is -0.544. The molecule has 0 aliphatic rings. The number of carbonyl (C=O) groups is 1. The molecule has 21 heavy (non-hydrogen) atoms. The molecule has 112 valence electrons. The van der Waals surface area contributed by atoms with Crippen molar-refractivity contribution < 1.29 is 22.4 Å². The van der Waals surface area contributed by atoms with Crippen LogP contribution in [0.3, 0.4) is 0 Å². The number of furan rings is 1. The Morgan fingerprint density at radius 3 is 2.57 bits per heavy atom. The summed E-state index contributed by atoms with van der Waals surface area (Å²) in [7, 11) is 0. The van der Waals surface area contributed by atoms with Crippen molar-refractivity contribution in [2.45, 2.75) is 19.6 Å². The number of alkyl halides is 3. The van der Waals surface area contributed by atoms with Gasteiger partial charge in [-0.25, -0.2) is 0 Å². The van der Waals surface area contributed by atoms with Crippen LogP contribution in [-0.4, -0.2) is 5.91 Å². The van der Waals surface area contributed by atoms with Crippen LogP contribution in [0.1, 0.15) is 27.2 Å². The molecule has 1 aromatic heterocycles. The number of amides is 1. The van der Waals surface area contributed by atoms with E-state index in [0.717, 1.165) is 6.07 Å². The quantitative estimate of drug-likeness (QED) is 0.913. The van der Waals surface area contributed by atoms with Gasteiger partial charge in [0.2, 0.25) is 0 Å². The molecule has 1 aromatic carbocycles. The Bertz CT molecular complexity index is 662. The highest BCUT2D eigenvalue weighted by molar-refractivity contribution is 6.03. The third-order valence-electron chi connectivity index (χ3n) is 2.96. The lowest BCUT2D eigenvalue weighted by molar-refractivity contribution is -0.138. The minimum Gasteiger partial charge on any atom is -0.459 e. The van der Waals surface area contributed by atoms with Crippen LogP contribution in [0.15, 0.2) is 34.9 Å². The van der Waals surface area contributed by atoms with E-state index < -0.39 is 17.6 Å². The number of hydrogen-bond acceptors (Lipinski definition) is 3. The molecule has 2 rings (SSSR count). The molecule has 1 heterocycles. The second kappa shape index (κ2) is 5.61. The first-order valence-corrected chi connectivity index (χ1v) is 6.08. The lowest BCUT2D eigenvalue weighted by Gasteiger charge is -2.13. The SMILES string of the molecule is Cc1ccoc1C(=O)Nc1ccc(CN)c(C(F)(F)F)c1. The van der Waals surface area contributed by atoms with E-state index in [1.807, 2.05) is 0 Å². The fourth-order valence-corrected chi connectivity index (χ4v) is 1.89. The summed E-state index contributed by atoms with van der Waals surface area (Å²) in [5, 5.41) is 2.38. The minimum absolute atomic E-state index is 0.0281. The average Bonchev–Trinajstić information content (AvgIpc) is 2.84. The van der Waals surface area contributed by atoms with Gasteiger partial charge in [-0.15, -0.1) is 0 Å². The molecule has 0 aliphatic carbocycles. The fourth-order valence-electron chi connectivity index (χ4n) is 1.89. The molecule has 0 aliphatic heterocycles. The number of nitrogens with one attached hydrogen (secondary N) is 1. The van der Waals surface area contributed by atoms with Crippen molar-refractivity contribution in [3.05, 3.63) is 53.0 Å². The van der Waals surface area contributed by atoms with E-state index in [1.54, 1.807) is 13.0 Å². The smallest absolute Gasteiger partial charge is 0.416 e. The van der Waals surface area contributed by atoms with Gasteiger partial charge in [0.25, 0.3) is 5.91 Å². The van der Waals surface area contributed by atoms with Crippen molar-refractivity contribution in [1.29, 1.82) is 0 Å². The molecule has 0 atom stereocenters. The average molecular weight is 298 g/mol. The molecule has 3 N–H and O–H groups in total. The Labute approximate surface area is 118 Å². The first kappa shape index (κ1) is 15.1. The normalized spacial score (nSPS) is 11.5. The number of benzene rings is 1. The van der Waals surface area contributed by atoms with Gasteiger partial charge in [-0.05, 0) is 30.7 Å². The second-order valence-corrected chi connectivity index (χ2v) is 4.46. The molecule has 0 fully saturated rings. The predicted octanol–water partition coefficient (Wildman–Crippen LogP) is 3.32. The first-order chi connectivity index (χ1) is 9.82. The number of anilines is 1. The fraction of sp³-hybridized carbons (Fsp3) is 0.214. The van der Waals surface area contributed by atoms with Crippen molar-refractivity contribution in [2.75, 3.05) is 5.32 Å². The summed E-state index contributed by atoms with van der Waals surface area (Å²) in [6, 6.07) is 5.06. The Morgan fingerprint density at radius 1 is 1.33 bits per heavy atom. The van der Waals surface area contributed by atoms with E-state index in [1.165, 1.54) is 18.4 Å². The molecule has 0 unspecified atom stereocenters. The van der Waals surface area contributed by atoms with Gasteiger partial charge in [-0.1, -0.05) is 6.07 Å². The van der Waals surface area contributed by atoms with Crippen LogP contribution >= 0.6 is 0 Å². The maximum absolute atomic E-state index is 12.9. The van der Waals surface area contributed by atoms with Crippen molar-refractivity contribution in [2.24, 2.45) is 5.73 Å². The molecule has 0 saturated heterocycles. The maximum Gasteiger partial charge on any atom is 0.416 e. The van der Waals surface area contributed by atoms with Crippen LogP contribution in [0, 0.1) is 6.92 Å². The van der Waals surface area contributed by atoms with Gasteiger partial charge in [-0.2, -0.15) is 13.2 Å². The van der Waals surface area contributed by atoms with Crippen molar-refractivity contribution in [3.63, 3.8) is 0 Å². The van der Waals surface area contributed by atoms with Crippen molar-refractivity contribution >= 4 is 11.6 Å². The Morgan fingerprint density at radius 2 is 2.05 bits per heavy atom. The molecule has 2 aromatic rings. The van der Waals surface area contributed by atoms with E-state index in [2.05, 4.69) is 5.32 Å². The standard InChI is InChI=1S/C14H13F3N2O2/c1-8-4-5-21-12(8)13(20)19-10-3-2-9(7-18)11(6-10)14(15,16)17/h2-6H,7,18H2,1H3,(H,19,20). The van der Waals surface area contributed by atoms with Gasteiger partial charge < -0.3 is 15.5 Å². The Balaban J connectivity index is 2.30. The molecular weight excluding hydrogens is 285 g/mol. The molecule has 0 radical (unpaired) electrons. The highest BCUT2D eigenvalue weighted by Gasteiger charge is 2.33. The number of nitrogens with two attached hydrogens (primary N) is 1. The topological polar surface area (TPSA) is 68.3 Å².